The Morgan fingerprint density at radius 2 is 2.33 bits per heavy atom. The fourth-order valence-electron chi connectivity index (χ4n) is 1.01. The van der Waals surface area contributed by atoms with Crippen molar-refractivity contribution in [2.75, 3.05) is 6.61 Å². The predicted octanol–water partition coefficient (Wildman–Crippen LogP) is 3.15. The van der Waals surface area contributed by atoms with E-state index >= 15 is 0 Å². The number of carbonyl (C=O) groups is 1. The lowest BCUT2D eigenvalue weighted by molar-refractivity contribution is 0.0526. The van der Waals surface area contributed by atoms with Crippen LogP contribution in [0.5, 0.6) is 0 Å². The van der Waals surface area contributed by atoms with E-state index < -0.39 is 5.97 Å². The van der Waals surface area contributed by atoms with Crippen LogP contribution in [0, 0.1) is 11.3 Å². The van der Waals surface area contributed by atoms with Crippen LogP contribution >= 0.6 is 27.5 Å². The molecular formula is C10H7BrClNO2. The molecule has 1 aromatic carbocycles. The van der Waals surface area contributed by atoms with Gasteiger partial charge < -0.3 is 4.74 Å². The molecule has 0 saturated heterocycles. The highest BCUT2D eigenvalue weighted by Crippen LogP contribution is 2.28. The number of halogens is 2. The molecule has 0 amide bonds. The molecule has 0 atom stereocenters. The average molecular weight is 289 g/mol. The van der Waals surface area contributed by atoms with Gasteiger partial charge in [0.05, 0.1) is 28.8 Å². The van der Waals surface area contributed by atoms with E-state index in [1.165, 1.54) is 6.07 Å². The third-order valence-electron chi connectivity index (χ3n) is 1.65. The van der Waals surface area contributed by atoms with Crippen LogP contribution in [-0.2, 0) is 4.74 Å². The van der Waals surface area contributed by atoms with Gasteiger partial charge in [0.25, 0.3) is 0 Å². The summed E-state index contributed by atoms with van der Waals surface area (Å²) in [6.45, 7) is 1.97. The number of hydrogen-bond acceptors (Lipinski definition) is 3. The van der Waals surface area contributed by atoms with E-state index in [1.807, 2.05) is 6.07 Å². The van der Waals surface area contributed by atoms with E-state index in [0.717, 1.165) is 0 Å². The summed E-state index contributed by atoms with van der Waals surface area (Å²) in [6.07, 6.45) is 0. The molecule has 0 radical (unpaired) electrons. The van der Waals surface area contributed by atoms with Crippen LogP contribution in [0.15, 0.2) is 16.6 Å². The number of hydrogen-bond donors (Lipinski definition) is 0. The number of benzene rings is 1. The smallest absolute Gasteiger partial charge is 0.339 e. The fourth-order valence-corrected chi connectivity index (χ4v) is 1.66. The lowest BCUT2D eigenvalue weighted by atomic mass is 10.1. The molecule has 0 unspecified atom stereocenters. The first kappa shape index (κ1) is 12.0. The van der Waals surface area contributed by atoms with Crippen LogP contribution in [0.4, 0.5) is 0 Å². The van der Waals surface area contributed by atoms with E-state index in [2.05, 4.69) is 15.9 Å². The second-order valence-electron chi connectivity index (χ2n) is 2.65. The highest BCUT2D eigenvalue weighted by molar-refractivity contribution is 9.10. The van der Waals surface area contributed by atoms with Crippen LogP contribution in [0.1, 0.15) is 22.8 Å². The van der Waals surface area contributed by atoms with E-state index in [4.69, 9.17) is 21.6 Å². The van der Waals surface area contributed by atoms with Gasteiger partial charge in [0.1, 0.15) is 0 Å². The quantitative estimate of drug-likeness (QED) is 0.786. The second kappa shape index (κ2) is 5.15. The zero-order chi connectivity index (χ0) is 11.4. The number of carbonyl (C=O) groups excluding carboxylic acids is 1. The first-order chi connectivity index (χ1) is 7.10. The molecule has 0 aliphatic carbocycles. The molecule has 3 nitrogen and oxygen atoms in total. The molecule has 0 saturated carbocycles. The molecule has 0 aliphatic rings. The van der Waals surface area contributed by atoms with Crippen LogP contribution in [0.25, 0.3) is 0 Å². The summed E-state index contributed by atoms with van der Waals surface area (Å²) < 4.78 is 5.32. The summed E-state index contributed by atoms with van der Waals surface area (Å²) >= 11 is 9.06. The van der Waals surface area contributed by atoms with E-state index in [-0.39, 0.29) is 17.2 Å². The SMILES string of the molecule is CCOC(=O)c1cc(C#N)cc(Br)c1Cl. The van der Waals surface area contributed by atoms with Gasteiger partial charge in [0, 0.05) is 4.47 Å². The molecule has 1 aromatic rings. The van der Waals surface area contributed by atoms with Gasteiger partial charge in [0.15, 0.2) is 0 Å². The van der Waals surface area contributed by atoms with Crippen LogP contribution < -0.4 is 0 Å². The minimum Gasteiger partial charge on any atom is -0.462 e. The first-order valence-corrected chi connectivity index (χ1v) is 5.33. The largest absolute Gasteiger partial charge is 0.462 e. The van der Waals surface area contributed by atoms with E-state index in [1.54, 1.807) is 13.0 Å². The zero-order valence-corrected chi connectivity index (χ0v) is 10.2. The fraction of sp³-hybridized carbons (Fsp3) is 0.200. The van der Waals surface area contributed by atoms with Gasteiger partial charge in [-0.15, -0.1) is 0 Å². The van der Waals surface area contributed by atoms with Gasteiger partial charge in [-0.1, -0.05) is 11.6 Å². The minimum atomic E-state index is -0.528. The Hall–Kier alpha value is -1.05. The molecule has 5 heteroatoms. The van der Waals surface area contributed by atoms with Crippen LogP contribution in [-0.4, -0.2) is 12.6 Å². The maximum atomic E-state index is 11.4. The predicted molar refractivity (Wildman–Crippen MR) is 59.8 cm³/mol. The molecule has 0 spiro atoms. The number of rotatable bonds is 2. The summed E-state index contributed by atoms with van der Waals surface area (Å²) in [5, 5.41) is 8.98. The Labute approximate surface area is 101 Å². The van der Waals surface area contributed by atoms with Gasteiger partial charge in [-0.2, -0.15) is 5.26 Å². The van der Waals surface area contributed by atoms with Crippen molar-refractivity contribution in [2.45, 2.75) is 6.92 Å². The van der Waals surface area contributed by atoms with Crippen molar-refractivity contribution in [1.82, 2.24) is 0 Å². The van der Waals surface area contributed by atoms with Gasteiger partial charge in [-0.05, 0) is 35.0 Å². The Kier molecular flexibility index (Phi) is 4.13. The summed E-state index contributed by atoms with van der Waals surface area (Å²) in [5.41, 5.74) is 0.554. The van der Waals surface area contributed by atoms with Crippen LogP contribution in [0.2, 0.25) is 5.02 Å². The van der Waals surface area contributed by atoms with Crippen molar-refractivity contribution >= 4 is 33.5 Å². The number of esters is 1. The van der Waals surface area contributed by atoms with Crippen molar-refractivity contribution in [1.29, 1.82) is 5.26 Å². The summed E-state index contributed by atoms with van der Waals surface area (Å²) in [7, 11) is 0. The monoisotopic (exact) mass is 287 g/mol. The molecular weight excluding hydrogens is 281 g/mol. The van der Waals surface area contributed by atoms with Crippen molar-refractivity contribution in [3.63, 3.8) is 0 Å². The van der Waals surface area contributed by atoms with Gasteiger partial charge in [0.2, 0.25) is 0 Å². The molecule has 0 fully saturated rings. The third-order valence-corrected chi connectivity index (χ3v) is 2.91. The molecule has 0 heterocycles. The lowest BCUT2D eigenvalue weighted by Gasteiger charge is -2.05. The van der Waals surface area contributed by atoms with Crippen LogP contribution in [0.3, 0.4) is 0 Å². The molecule has 78 valence electrons. The number of nitrogens with zero attached hydrogens (tertiary/aromatic N) is 1. The summed E-state index contributed by atoms with van der Waals surface area (Å²) in [6, 6.07) is 4.89. The maximum Gasteiger partial charge on any atom is 0.339 e. The third kappa shape index (κ3) is 2.71. The molecule has 0 N–H and O–H groups in total. The van der Waals surface area contributed by atoms with Crippen molar-refractivity contribution in [3.05, 3.63) is 32.8 Å². The summed E-state index contributed by atoms with van der Waals surface area (Å²) in [4.78, 5) is 11.4. The van der Waals surface area contributed by atoms with Crippen molar-refractivity contribution < 1.29 is 9.53 Å². The Morgan fingerprint density at radius 1 is 1.67 bits per heavy atom. The van der Waals surface area contributed by atoms with Crippen molar-refractivity contribution in [2.24, 2.45) is 0 Å². The Balaban J connectivity index is 3.23. The zero-order valence-electron chi connectivity index (χ0n) is 7.88. The van der Waals surface area contributed by atoms with Crippen molar-refractivity contribution in [3.8, 4) is 6.07 Å². The molecule has 15 heavy (non-hydrogen) atoms. The maximum absolute atomic E-state index is 11.4. The van der Waals surface area contributed by atoms with E-state index in [0.29, 0.717) is 10.0 Å². The molecule has 1 rings (SSSR count). The van der Waals surface area contributed by atoms with Gasteiger partial charge >= 0.3 is 5.97 Å². The first-order valence-electron chi connectivity index (χ1n) is 4.16. The highest BCUT2D eigenvalue weighted by Gasteiger charge is 2.15. The molecule has 0 bridgehead atoms. The van der Waals surface area contributed by atoms with Gasteiger partial charge in [-0.3, -0.25) is 0 Å². The topological polar surface area (TPSA) is 50.1 Å². The number of ether oxygens (including phenoxy) is 1. The second-order valence-corrected chi connectivity index (χ2v) is 3.88. The molecule has 0 aliphatic heterocycles. The Bertz CT molecular complexity index is 440. The normalized spacial score (nSPS) is 9.47. The highest BCUT2D eigenvalue weighted by atomic mass is 79.9. The average Bonchev–Trinajstić information content (AvgIpc) is 2.22. The molecule has 0 aromatic heterocycles. The summed E-state index contributed by atoms with van der Waals surface area (Å²) in [5.74, 6) is -0.528. The lowest BCUT2D eigenvalue weighted by Crippen LogP contribution is -2.06. The number of nitriles is 1. The standard InChI is InChI=1S/C10H7BrClNO2/c1-2-15-10(14)7-3-6(5-13)4-8(11)9(7)12/h3-4H,2H2,1H3. The minimum absolute atomic E-state index is 0.199. The van der Waals surface area contributed by atoms with E-state index in [9.17, 15) is 4.79 Å². The van der Waals surface area contributed by atoms with Gasteiger partial charge in [-0.25, -0.2) is 4.79 Å². The Morgan fingerprint density at radius 3 is 2.87 bits per heavy atom.